The first-order valence-corrected chi connectivity index (χ1v) is 10.7. The van der Waals surface area contributed by atoms with Gasteiger partial charge < -0.3 is 10.1 Å². The first kappa shape index (κ1) is 24.2. The molecule has 4 nitrogen and oxygen atoms in total. The number of ether oxygens (including phenoxy) is 1. The summed E-state index contributed by atoms with van der Waals surface area (Å²) in [5.74, 6) is 0.751. The van der Waals surface area contributed by atoms with E-state index in [0.29, 0.717) is 18.7 Å². The Morgan fingerprint density at radius 3 is 2.17 bits per heavy atom. The van der Waals surface area contributed by atoms with Crippen LogP contribution in [-0.4, -0.2) is 37.0 Å². The molecular weight excluding hydrogens is 396 g/mol. The molecule has 1 aliphatic heterocycles. The highest BCUT2D eigenvalue weighted by molar-refractivity contribution is 5.94. The van der Waals surface area contributed by atoms with Crippen LogP contribution >= 0.6 is 12.4 Å². The lowest BCUT2D eigenvalue weighted by molar-refractivity contribution is 0.0938. The van der Waals surface area contributed by atoms with Crippen LogP contribution in [-0.2, 0) is 5.41 Å². The fraction of sp³-hybridized carbons (Fsp3) is 0.480. The van der Waals surface area contributed by atoms with E-state index in [2.05, 4.69) is 55.3 Å². The van der Waals surface area contributed by atoms with E-state index in [0.717, 1.165) is 18.8 Å². The van der Waals surface area contributed by atoms with Crippen molar-refractivity contribution in [3.05, 3.63) is 65.2 Å². The van der Waals surface area contributed by atoms with Crippen LogP contribution in [0, 0.1) is 0 Å². The molecule has 2 aromatic rings. The van der Waals surface area contributed by atoms with E-state index in [-0.39, 0.29) is 29.8 Å². The zero-order chi connectivity index (χ0) is 20.9. The number of hydrogen-bond acceptors (Lipinski definition) is 3. The first-order chi connectivity index (χ1) is 13.9. The second kappa shape index (κ2) is 10.8. The second-order valence-electron chi connectivity index (χ2n) is 8.80. The third-order valence-electron chi connectivity index (χ3n) is 5.63. The summed E-state index contributed by atoms with van der Waals surface area (Å²) in [5.41, 5.74) is 3.41. The van der Waals surface area contributed by atoms with E-state index in [1.54, 1.807) is 0 Å². The van der Waals surface area contributed by atoms with Crippen LogP contribution in [0.15, 0.2) is 48.5 Å². The second-order valence-corrected chi connectivity index (χ2v) is 8.80. The number of rotatable bonds is 7. The number of carbonyl (C=O) groups is 1. The van der Waals surface area contributed by atoms with Crippen molar-refractivity contribution in [2.45, 2.75) is 52.0 Å². The van der Waals surface area contributed by atoms with Crippen molar-refractivity contribution in [1.82, 2.24) is 10.2 Å². The molecule has 0 bridgehead atoms. The van der Waals surface area contributed by atoms with Gasteiger partial charge in [0.1, 0.15) is 5.75 Å². The third-order valence-corrected chi connectivity index (χ3v) is 5.63. The first-order valence-electron chi connectivity index (χ1n) is 10.7. The SMILES string of the molecule is CCOc1ccc(C(=O)NCC(c2ccc(C(C)(C)C)cc2)N2CCCC2)cc1.Cl. The lowest BCUT2D eigenvalue weighted by atomic mass is 9.86. The molecule has 1 amide bonds. The minimum atomic E-state index is -0.0384. The molecule has 1 unspecified atom stereocenters. The van der Waals surface area contributed by atoms with Gasteiger partial charge in [0, 0.05) is 12.1 Å². The van der Waals surface area contributed by atoms with Crippen LogP contribution in [0.2, 0.25) is 0 Å². The molecule has 5 heteroatoms. The van der Waals surface area contributed by atoms with Crippen LogP contribution in [0.1, 0.15) is 68.1 Å². The molecule has 0 aromatic heterocycles. The Kier molecular flexibility index (Phi) is 8.75. The monoisotopic (exact) mass is 430 g/mol. The number of benzene rings is 2. The molecule has 1 fully saturated rings. The molecule has 0 radical (unpaired) electrons. The lowest BCUT2D eigenvalue weighted by Gasteiger charge is -2.29. The number of halogens is 1. The minimum Gasteiger partial charge on any atom is -0.494 e. The topological polar surface area (TPSA) is 41.6 Å². The van der Waals surface area contributed by atoms with Crippen molar-refractivity contribution in [3.8, 4) is 5.75 Å². The van der Waals surface area contributed by atoms with E-state index < -0.39 is 0 Å². The van der Waals surface area contributed by atoms with Gasteiger partial charge >= 0.3 is 0 Å². The lowest BCUT2D eigenvalue weighted by Crippen LogP contribution is -2.36. The molecule has 1 heterocycles. The molecule has 1 saturated heterocycles. The van der Waals surface area contributed by atoms with Gasteiger partial charge in [-0.2, -0.15) is 0 Å². The minimum absolute atomic E-state index is 0. The maximum Gasteiger partial charge on any atom is 0.251 e. The smallest absolute Gasteiger partial charge is 0.251 e. The van der Waals surface area contributed by atoms with Crippen LogP contribution in [0.5, 0.6) is 5.75 Å². The highest BCUT2D eigenvalue weighted by Crippen LogP contribution is 2.28. The number of likely N-dealkylation sites (tertiary alicyclic amines) is 1. The van der Waals surface area contributed by atoms with Crippen molar-refractivity contribution in [3.63, 3.8) is 0 Å². The fourth-order valence-corrected chi connectivity index (χ4v) is 3.88. The summed E-state index contributed by atoms with van der Waals surface area (Å²) in [6, 6.07) is 16.5. The number of hydrogen-bond donors (Lipinski definition) is 1. The van der Waals surface area contributed by atoms with Gasteiger partial charge in [0.15, 0.2) is 0 Å². The van der Waals surface area contributed by atoms with E-state index in [1.165, 1.54) is 24.0 Å². The summed E-state index contributed by atoms with van der Waals surface area (Å²) in [5, 5.41) is 3.15. The zero-order valence-corrected chi connectivity index (χ0v) is 19.4. The number of amides is 1. The Labute approximate surface area is 187 Å². The molecular formula is C25H35ClN2O2. The van der Waals surface area contributed by atoms with Crippen LogP contribution in [0.25, 0.3) is 0 Å². The molecule has 1 aliphatic rings. The molecule has 2 aromatic carbocycles. The quantitative estimate of drug-likeness (QED) is 0.641. The van der Waals surface area contributed by atoms with Gasteiger partial charge in [0.2, 0.25) is 0 Å². The Balaban J connectivity index is 0.00000320. The third kappa shape index (κ3) is 6.23. The van der Waals surface area contributed by atoms with E-state index in [4.69, 9.17) is 4.74 Å². The molecule has 1 N–H and O–H groups in total. The summed E-state index contributed by atoms with van der Waals surface area (Å²) in [4.78, 5) is 15.2. The Morgan fingerprint density at radius 1 is 1.03 bits per heavy atom. The molecule has 0 spiro atoms. The Morgan fingerprint density at radius 2 is 1.63 bits per heavy atom. The van der Waals surface area contributed by atoms with Gasteiger partial charge in [-0.1, -0.05) is 45.0 Å². The zero-order valence-electron chi connectivity index (χ0n) is 18.6. The van der Waals surface area contributed by atoms with Crippen LogP contribution in [0.3, 0.4) is 0 Å². The molecule has 1 atom stereocenters. The predicted molar refractivity (Wildman–Crippen MR) is 126 cm³/mol. The summed E-state index contributed by atoms with van der Waals surface area (Å²) in [7, 11) is 0. The highest BCUT2D eigenvalue weighted by atomic mass is 35.5. The summed E-state index contributed by atoms with van der Waals surface area (Å²) < 4.78 is 5.46. The number of nitrogens with one attached hydrogen (secondary N) is 1. The van der Waals surface area contributed by atoms with Crippen molar-refractivity contribution in [2.75, 3.05) is 26.2 Å². The largest absolute Gasteiger partial charge is 0.494 e. The van der Waals surface area contributed by atoms with Crippen molar-refractivity contribution in [1.29, 1.82) is 0 Å². The standard InChI is InChI=1S/C25H34N2O2.ClH/c1-5-29-22-14-10-20(11-15-22)24(28)26-18-23(27-16-6-7-17-27)19-8-12-21(13-9-19)25(2,3)4;/h8-15,23H,5-7,16-18H2,1-4H3,(H,26,28);1H. The van der Waals surface area contributed by atoms with E-state index in [9.17, 15) is 4.79 Å². The number of nitrogens with zero attached hydrogens (tertiary/aromatic N) is 1. The maximum absolute atomic E-state index is 12.7. The Bertz CT molecular complexity index is 791. The summed E-state index contributed by atoms with van der Waals surface area (Å²) in [6.07, 6.45) is 2.45. The predicted octanol–water partition coefficient (Wildman–Crippen LogP) is 5.37. The maximum atomic E-state index is 12.7. The van der Waals surface area contributed by atoms with Gasteiger partial charge in [-0.25, -0.2) is 0 Å². The van der Waals surface area contributed by atoms with Gasteiger partial charge in [-0.05, 0) is 73.7 Å². The molecule has 30 heavy (non-hydrogen) atoms. The van der Waals surface area contributed by atoms with E-state index >= 15 is 0 Å². The van der Waals surface area contributed by atoms with Gasteiger partial charge in [0.05, 0.1) is 12.6 Å². The van der Waals surface area contributed by atoms with Crippen LogP contribution < -0.4 is 10.1 Å². The normalized spacial score (nSPS) is 15.3. The Hall–Kier alpha value is -2.04. The summed E-state index contributed by atoms with van der Waals surface area (Å²) >= 11 is 0. The van der Waals surface area contributed by atoms with Crippen molar-refractivity contribution >= 4 is 18.3 Å². The van der Waals surface area contributed by atoms with Gasteiger partial charge in [-0.15, -0.1) is 12.4 Å². The van der Waals surface area contributed by atoms with Gasteiger partial charge in [-0.3, -0.25) is 9.69 Å². The average molecular weight is 431 g/mol. The molecule has 0 aliphatic carbocycles. The number of carbonyl (C=O) groups excluding carboxylic acids is 1. The van der Waals surface area contributed by atoms with Crippen molar-refractivity contribution < 1.29 is 9.53 Å². The molecule has 3 rings (SSSR count). The van der Waals surface area contributed by atoms with Crippen LogP contribution in [0.4, 0.5) is 0 Å². The molecule has 164 valence electrons. The highest BCUT2D eigenvalue weighted by Gasteiger charge is 2.24. The van der Waals surface area contributed by atoms with Crippen molar-refractivity contribution in [2.24, 2.45) is 0 Å². The molecule has 0 saturated carbocycles. The summed E-state index contributed by atoms with van der Waals surface area (Å²) in [6.45, 7) is 12.1. The fourth-order valence-electron chi connectivity index (χ4n) is 3.88. The average Bonchev–Trinajstić information content (AvgIpc) is 3.23. The van der Waals surface area contributed by atoms with E-state index in [1.807, 2.05) is 31.2 Å². The van der Waals surface area contributed by atoms with Gasteiger partial charge in [0.25, 0.3) is 5.91 Å².